The minimum absolute atomic E-state index is 0.0820. The van der Waals surface area contributed by atoms with Crippen LogP contribution < -0.4 is 50.4 Å². The molecule has 1 aromatic rings. The van der Waals surface area contributed by atoms with Crippen LogP contribution in [-0.4, -0.2) is 73.4 Å². The molecule has 0 spiro atoms. The van der Waals surface area contributed by atoms with Gasteiger partial charge in [-0.1, -0.05) is 30.3 Å². The van der Waals surface area contributed by atoms with Crippen LogP contribution in [0.2, 0.25) is 0 Å². The van der Waals surface area contributed by atoms with Gasteiger partial charge in [0.1, 0.15) is 18.1 Å². The van der Waals surface area contributed by atoms with Crippen LogP contribution in [0.3, 0.4) is 0 Å². The number of guanidine groups is 1. The molecule has 4 amide bonds. The maximum atomic E-state index is 13.4. The molecule has 14 nitrogen and oxygen atoms in total. The number of carbonyl (C=O) groups excluding carboxylic acids is 4. The van der Waals surface area contributed by atoms with Crippen molar-refractivity contribution in [2.45, 2.75) is 82.0 Å². The van der Waals surface area contributed by atoms with Crippen LogP contribution in [0.25, 0.3) is 0 Å². The lowest BCUT2D eigenvalue weighted by Crippen LogP contribution is -2.57. The SMILES string of the molecule is NCCCC[C@H](NC(=O)[C@H](CCCCN)NC(=O)[C@@H](N)Cc1ccccc1)C(=O)N[C@@H](CCCN=C(N)N)C(N)=O. The van der Waals surface area contributed by atoms with Crippen molar-refractivity contribution >= 4 is 29.6 Å². The van der Waals surface area contributed by atoms with Crippen molar-refractivity contribution in [3.8, 4) is 0 Å². The minimum Gasteiger partial charge on any atom is -0.370 e. The van der Waals surface area contributed by atoms with E-state index in [0.717, 1.165) is 5.56 Å². The summed E-state index contributed by atoms with van der Waals surface area (Å²) in [4.78, 5) is 55.3. The average molecular weight is 577 g/mol. The maximum Gasteiger partial charge on any atom is 0.243 e. The Hall–Kier alpha value is -3.75. The van der Waals surface area contributed by atoms with Crippen LogP contribution in [0.5, 0.6) is 0 Å². The molecular formula is C27H48N10O4. The van der Waals surface area contributed by atoms with Crippen LogP contribution in [0.4, 0.5) is 0 Å². The molecule has 0 unspecified atom stereocenters. The van der Waals surface area contributed by atoms with Gasteiger partial charge in [0.05, 0.1) is 6.04 Å². The molecule has 41 heavy (non-hydrogen) atoms. The van der Waals surface area contributed by atoms with E-state index in [9.17, 15) is 19.2 Å². The van der Waals surface area contributed by atoms with Crippen molar-refractivity contribution in [1.29, 1.82) is 0 Å². The molecule has 1 aromatic carbocycles. The molecule has 0 aromatic heterocycles. The number of nitrogens with two attached hydrogens (primary N) is 6. The first-order valence-corrected chi connectivity index (χ1v) is 14.0. The number of hydrogen-bond donors (Lipinski definition) is 9. The first-order chi connectivity index (χ1) is 19.6. The van der Waals surface area contributed by atoms with Gasteiger partial charge in [0.2, 0.25) is 23.6 Å². The fraction of sp³-hybridized carbons (Fsp3) is 0.593. The second kappa shape index (κ2) is 20.2. The van der Waals surface area contributed by atoms with Gasteiger partial charge in [0.25, 0.3) is 0 Å². The van der Waals surface area contributed by atoms with Gasteiger partial charge in [-0.3, -0.25) is 24.2 Å². The number of aliphatic imine (C=N–C) groups is 1. The molecule has 4 atom stereocenters. The molecule has 0 saturated carbocycles. The summed E-state index contributed by atoms with van der Waals surface area (Å²) in [6, 6.07) is 5.52. The lowest BCUT2D eigenvalue weighted by atomic mass is 10.0. The highest BCUT2D eigenvalue weighted by Crippen LogP contribution is 2.08. The lowest BCUT2D eigenvalue weighted by molar-refractivity contribution is -0.133. The number of hydrogen-bond acceptors (Lipinski definition) is 8. The predicted molar refractivity (Wildman–Crippen MR) is 159 cm³/mol. The topological polar surface area (TPSA) is 273 Å². The number of rotatable bonds is 21. The van der Waals surface area contributed by atoms with E-state index in [4.69, 9.17) is 34.4 Å². The highest BCUT2D eigenvalue weighted by Gasteiger charge is 2.29. The molecule has 230 valence electrons. The largest absolute Gasteiger partial charge is 0.370 e. The fourth-order valence-electron chi connectivity index (χ4n) is 4.10. The Labute approximate surface area is 241 Å². The van der Waals surface area contributed by atoms with Gasteiger partial charge >= 0.3 is 0 Å². The van der Waals surface area contributed by atoms with E-state index in [1.165, 1.54) is 0 Å². The number of amides is 4. The third-order valence-corrected chi connectivity index (χ3v) is 6.40. The Morgan fingerprint density at radius 1 is 0.683 bits per heavy atom. The second-order valence-corrected chi connectivity index (χ2v) is 9.90. The number of carbonyl (C=O) groups is 4. The van der Waals surface area contributed by atoms with Gasteiger partial charge in [-0.25, -0.2) is 0 Å². The van der Waals surface area contributed by atoms with E-state index in [0.29, 0.717) is 58.0 Å². The quantitative estimate of drug-likeness (QED) is 0.0436. The zero-order valence-corrected chi connectivity index (χ0v) is 23.7. The molecular weight excluding hydrogens is 528 g/mol. The van der Waals surface area contributed by atoms with E-state index in [-0.39, 0.29) is 25.3 Å². The molecule has 1 rings (SSSR count). The van der Waals surface area contributed by atoms with Crippen LogP contribution >= 0.6 is 0 Å². The summed E-state index contributed by atoms with van der Waals surface area (Å²) >= 11 is 0. The molecule has 0 aliphatic heterocycles. The fourth-order valence-corrected chi connectivity index (χ4v) is 4.10. The van der Waals surface area contributed by atoms with Crippen LogP contribution in [0.15, 0.2) is 35.3 Å². The summed E-state index contributed by atoms with van der Waals surface area (Å²) in [6.07, 6.45) is 3.88. The van der Waals surface area contributed by atoms with E-state index in [1.54, 1.807) is 0 Å². The zero-order valence-electron chi connectivity index (χ0n) is 23.7. The highest BCUT2D eigenvalue weighted by atomic mass is 16.2. The average Bonchev–Trinajstić information content (AvgIpc) is 2.93. The van der Waals surface area contributed by atoms with Crippen LogP contribution in [0.1, 0.15) is 56.9 Å². The highest BCUT2D eigenvalue weighted by molar-refractivity contribution is 5.94. The van der Waals surface area contributed by atoms with E-state index < -0.39 is 47.8 Å². The number of nitrogens with one attached hydrogen (secondary N) is 3. The Morgan fingerprint density at radius 3 is 1.66 bits per heavy atom. The van der Waals surface area contributed by atoms with E-state index in [2.05, 4.69) is 20.9 Å². The van der Waals surface area contributed by atoms with Crippen LogP contribution in [-0.2, 0) is 25.6 Å². The van der Waals surface area contributed by atoms with Gasteiger partial charge in [-0.15, -0.1) is 0 Å². The number of nitrogens with zero attached hydrogens (tertiary/aromatic N) is 1. The summed E-state index contributed by atoms with van der Waals surface area (Å²) in [5.41, 5.74) is 34.4. The molecule has 0 saturated heterocycles. The van der Waals surface area contributed by atoms with Crippen molar-refractivity contribution in [2.24, 2.45) is 39.4 Å². The van der Waals surface area contributed by atoms with Gasteiger partial charge < -0.3 is 50.4 Å². The van der Waals surface area contributed by atoms with Gasteiger partial charge in [0.15, 0.2) is 5.96 Å². The Morgan fingerprint density at radius 2 is 1.17 bits per heavy atom. The summed E-state index contributed by atoms with van der Waals surface area (Å²) < 4.78 is 0. The first kappa shape index (κ1) is 35.3. The predicted octanol–water partition coefficient (Wildman–Crippen LogP) is -2.19. The normalized spacial score (nSPS) is 13.7. The maximum absolute atomic E-state index is 13.4. The molecule has 0 heterocycles. The van der Waals surface area contributed by atoms with Gasteiger partial charge in [0, 0.05) is 6.54 Å². The molecule has 0 bridgehead atoms. The lowest BCUT2D eigenvalue weighted by Gasteiger charge is -2.25. The molecule has 15 N–H and O–H groups in total. The van der Waals surface area contributed by atoms with Crippen molar-refractivity contribution in [3.05, 3.63) is 35.9 Å². The molecule has 0 aliphatic carbocycles. The zero-order chi connectivity index (χ0) is 30.6. The van der Waals surface area contributed by atoms with Crippen LogP contribution in [0, 0.1) is 0 Å². The third kappa shape index (κ3) is 15.0. The number of primary amides is 1. The van der Waals surface area contributed by atoms with Crippen molar-refractivity contribution in [3.63, 3.8) is 0 Å². The first-order valence-electron chi connectivity index (χ1n) is 14.0. The monoisotopic (exact) mass is 576 g/mol. The summed E-state index contributed by atoms with van der Waals surface area (Å²) in [7, 11) is 0. The molecule has 0 fully saturated rings. The van der Waals surface area contributed by atoms with Gasteiger partial charge in [-0.2, -0.15) is 0 Å². The molecule has 14 heteroatoms. The number of unbranched alkanes of at least 4 members (excludes halogenated alkanes) is 2. The number of benzene rings is 1. The standard InChI is InChI=1S/C27H48N10O4/c28-14-6-4-11-21(36-24(39)19(30)17-18-9-2-1-3-10-18)26(41)37-22(12-5-7-15-29)25(40)35-20(23(31)38)13-8-16-34-27(32)33/h1-3,9-10,19-22H,4-8,11-17,28-30H2,(H2,31,38)(H,35,40)(H,36,39)(H,37,41)(H4,32,33,34)/t19-,20-,21-,22-/m0/s1. The summed E-state index contributed by atoms with van der Waals surface area (Å²) in [6.45, 7) is 1.10. The third-order valence-electron chi connectivity index (χ3n) is 6.40. The molecule has 0 aliphatic rings. The van der Waals surface area contributed by atoms with Crippen molar-refractivity contribution in [1.82, 2.24) is 16.0 Å². The Balaban J connectivity index is 2.96. The van der Waals surface area contributed by atoms with Gasteiger partial charge in [-0.05, 0) is 76.4 Å². The van der Waals surface area contributed by atoms with Crippen molar-refractivity contribution in [2.75, 3.05) is 19.6 Å². The minimum atomic E-state index is -0.986. The second-order valence-electron chi connectivity index (χ2n) is 9.90. The Kier molecular flexibility index (Phi) is 17.4. The smallest absolute Gasteiger partial charge is 0.243 e. The Bertz CT molecular complexity index is 972. The summed E-state index contributed by atoms with van der Waals surface area (Å²) in [5, 5.41) is 8.09. The van der Waals surface area contributed by atoms with E-state index in [1.807, 2.05) is 30.3 Å². The summed E-state index contributed by atoms with van der Waals surface area (Å²) in [5.74, 6) is -2.41. The molecule has 0 radical (unpaired) electrons. The van der Waals surface area contributed by atoms with Crippen molar-refractivity contribution < 1.29 is 19.2 Å². The van der Waals surface area contributed by atoms with E-state index >= 15 is 0 Å².